The third-order valence-electron chi connectivity index (χ3n) is 2.29. The first-order valence-electron chi connectivity index (χ1n) is 5.79. The molecule has 0 rings (SSSR count). The van der Waals surface area contributed by atoms with Gasteiger partial charge in [-0.1, -0.05) is 33.5 Å². The van der Waals surface area contributed by atoms with Crippen LogP contribution in [0.25, 0.3) is 0 Å². The maximum absolute atomic E-state index is 11.4. The minimum atomic E-state index is -1.23. The van der Waals surface area contributed by atoms with Crippen molar-refractivity contribution in [3.05, 3.63) is 0 Å². The normalized spacial score (nSPS) is 13.3. The highest BCUT2D eigenvalue weighted by atomic mass is 28.3. The SMILES string of the molecule is CC(C)C(NC(=O)OCC[Si](C)(C)C)C(=O)O. The van der Waals surface area contributed by atoms with Crippen LogP contribution in [0.1, 0.15) is 13.8 Å². The van der Waals surface area contributed by atoms with Gasteiger partial charge in [-0.05, 0) is 12.0 Å². The van der Waals surface area contributed by atoms with Crippen LogP contribution in [0.2, 0.25) is 25.7 Å². The minimum absolute atomic E-state index is 0.169. The molecule has 2 N–H and O–H groups in total. The van der Waals surface area contributed by atoms with Gasteiger partial charge in [-0.25, -0.2) is 9.59 Å². The molecule has 5 nitrogen and oxygen atoms in total. The van der Waals surface area contributed by atoms with Crippen LogP contribution in [-0.2, 0) is 9.53 Å². The van der Waals surface area contributed by atoms with Crippen LogP contribution in [-0.4, -0.2) is 37.9 Å². The van der Waals surface area contributed by atoms with Crippen molar-refractivity contribution in [2.45, 2.75) is 45.6 Å². The van der Waals surface area contributed by atoms with E-state index in [1.807, 2.05) is 0 Å². The van der Waals surface area contributed by atoms with Gasteiger partial charge in [-0.15, -0.1) is 0 Å². The highest BCUT2D eigenvalue weighted by Gasteiger charge is 2.24. The molecule has 6 heteroatoms. The number of hydrogen-bond donors (Lipinski definition) is 2. The summed E-state index contributed by atoms with van der Waals surface area (Å²) in [4.78, 5) is 22.2. The average Bonchev–Trinajstić information content (AvgIpc) is 2.10. The summed E-state index contributed by atoms with van der Waals surface area (Å²) in [5.74, 6) is -1.21. The molecule has 0 aliphatic heterocycles. The van der Waals surface area contributed by atoms with Gasteiger partial charge in [0.25, 0.3) is 0 Å². The molecule has 0 fully saturated rings. The molecule has 100 valence electrons. The molecule has 0 aromatic carbocycles. The Balaban J connectivity index is 4.04. The van der Waals surface area contributed by atoms with Crippen molar-refractivity contribution in [3.8, 4) is 0 Å². The van der Waals surface area contributed by atoms with E-state index in [-0.39, 0.29) is 5.92 Å². The summed E-state index contributed by atoms with van der Waals surface area (Å²) in [5, 5.41) is 11.2. The van der Waals surface area contributed by atoms with E-state index in [4.69, 9.17) is 9.84 Å². The quantitative estimate of drug-likeness (QED) is 0.718. The number of aliphatic carboxylic acids is 1. The van der Waals surface area contributed by atoms with Crippen molar-refractivity contribution in [2.75, 3.05) is 6.61 Å². The second-order valence-electron chi connectivity index (χ2n) is 5.65. The second-order valence-corrected chi connectivity index (χ2v) is 11.3. The standard InChI is InChI=1S/C11H23NO4Si/c1-8(2)9(10(13)14)12-11(15)16-6-7-17(3,4)5/h8-9H,6-7H2,1-5H3,(H,12,15)(H,13,14). The van der Waals surface area contributed by atoms with E-state index in [0.717, 1.165) is 6.04 Å². The summed E-state index contributed by atoms with van der Waals surface area (Å²) in [6.45, 7) is 10.4. The third kappa shape index (κ3) is 7.79. The molecule has 0 aliphatic rings. The molecular weight excluding hydrogens is 238 g/mol. The lowest BCUT2D eigenvalue weighted by atomic mass is 10.1. The van der Waals surface area contributed by atoms with E-state index < -0.39 is 26.2 Å². The van der Waals surface area contributed by atoms with Gasteiger partial charge < -0.3 is 15.2 Å². The number of carbonyl (C=O) groups excluding carboxylic acids is 1. The van der Waals surface area contributed by atoms with Crippen LogP contribution in [0.5, 0.6) is 0 Å². The summed E-state index contributed by atoms with van der Waals surface area (Å²) < 4.78 is 4.97. The molecular formula is C11H23NO4Si. The highest BCUT2D eigenvalue weighted by molar-refractivity contribution is 6.76. The van der Waals surface area contributed by atoms with Gasteiger partial charge in [0.2, 0.25) is 0 Å². The van der Waals surface area contributed by atoms with Crippen LogP contribution in [0, 0.1) is 5.92 Å². The van der Waals surface area contributed by atoms with Gasteiger partial charge in [-0.2, -0.15) is 0 Å². The number of hydrogen-bond acceptors (Lipinski definition) is 3. The van der Waals surface area contributed by atoms with E-state index in [0.29, 0.717) is 6.61 Å². The molecule has 17 heavy (non-hydrogen) atoms. The van der Waals surface area contributed by atoms with Gasteiger partial charge in [-0.3, -0.25) is 0 Å². The van der Waals surface area contributed by atoms with E-state index in [1.165, 1.54) is 0 Å². The monoisotopic (exact) mass is 261 g/mol. The van der Waals surface area contributed by atoms with Crippen molar-refractivity contribution in [3.63, 3.8) is 0 Å². The van der Waals surface area contributed by atoms with Crippen molar-refractivity contribution >= 4 is 20.1 Å². The zero-order valence-electron chi connectivity index (χ0n) is 11.2. The van der Waals surface area contributed by atoms with Gasteiger partial charge in [0, 0.05) is 8.07 Å². The number of amides is 1. The second kappa shape index (κ2) is 6.63. The summed E-state index contributed by atoms with van der Waals surface area (Å²) >= 11 is 0. The Morgan fingerprint density at radius 1 is 1.29 bits per heavy atom. The number of alkyl carbamates (subject to hydrolysis) is 1. The molecule has 1 atom stereocenters. The van der Waals surface area contributed by atoms with Crippen molar-refractivity contribution < 1.29 is 19.4 Å². The maximum Gasteiger partial charge on any atom is 0.407 e. The number of carboxylic acid groups (broad SMARTS) is 1. The molecule has 1 unspecified atom stereocenters. The Labute approximate surface area is 104 Å². The summed E-state index contributed by atoms with van der Waals surface area (Å²) in [6, 6.07) is -0.0193. The Hall–Kier alpha value is -1.04. The predicted molar refractivity (Wildman–Crippen MR) is 68.9 cm³/mol. The molecule has 0 heterocycles. The molecule has 0 saturated heterocycles. The molecule has 1 amide bonds. The topological polar surface area (TPSA) is 75.6 Å². The molecule has 0 bridgehead atoms. The fourth-order valence-corrected chi connectivity index (χ4v) is 1.85. The third-order valence-corrected chi connectivity index (χ3v) is 4.00. The number of nitrogens with one attached hydrogen (secondary N) is 1. The van der Waals surface area contributed by atoms with E-state index >= 15 is 0 Å². The number of ether oxygens (including phenoxy) is 1. The van der Waals surface area contributed by atoms with Gasteiger partial charge in [0.05, 0.1) is 6.61 Å². The fraction of sp³-hybridized carbons (Fsp3) is 0.818. The van der Waals surface area contributed by atoms with Crippen molar-refractivity contribution in [2.24, 2.45) is 5.92 Å². The molecule has 0 saturated carbocycles. The van der Waals surface area contributed by atoms with E-state index in [2.05, 4.69) is 25.0 Å². The smallest absolute Gasteiger partial charge is 0.407 e. The fourth-order valence-electron chi connectivity index (χ4n) is 1.13. The van der Waals surface area contributed by atoms with Crippen molar-refractivity contribution in [1.29, 1.82) is 0 Å². The van der Waals surface area contributed by atoms with Crippen LogP contribution >= 0.6 is 0 Å². The lowest BCUT2D eigenvalue weighted by Gasteiger charge is -2.19. The van der Waals surface area contributed by atoms with E-state index in [1.54, 1.807) is 13.8 Å². The first-order valence-corrected chi connectivity index (χ1v) is 9.50. The average molecular weight is 261 g/mol. The summed E-state index contributed by atoms with van der Waals surface area (Å²) in [5.41, 5.74) is 0. The number of carbonyl (C=O) groups is 2. The molecule has 0 radical (unpaired) electrons. The first-order chi connectivity index (χ1) is 7.63. The molecule has 0 aromatic rings. The van der Waals surface area contributed by atoms with Gasteiger partial charge in [0.15, 0.2) is 0 Å². The Kier molecular flexibility index (Phi) is 6.23. The predicted octanol–water partition coefficient (Wildman–Crippen LogP) is 2.16. The Morgan fingerprint density at radius 2 is 1.82 bits per heavy atom. The molecule has 0 aromatic heterocycles. The largest absolute Gasteiger partial charge is 0.480 e. The van der Waals surface area contributed by atoms with Gasteiger partial charge >= 0.3 is 12.1 Å². The van der Waals surface area contributed by atoms with Crippen molar-refractivity contribution in [1.82, 2.24) is 5.32 Å². The Morgan fingerprint density at radius 3 is 2.18 bits per heavy atom. The van der Waals surface area contributed by atoms with Crippen LogP contribution in [0.15, 0.2) is 0 Å². The van der Waals surface area contributed by atoms with Crippen LogP contribution in [0.4, 0.5) is 4.79 Å². The number of rotatable bonds is 6. The summed E-state index contributed by atoms with van der Waals surface area (Å²) in [7, 11) is -1.23. The van der Waals surface area contributed by atoms with Crippen LogP contribution in [0.3, 0.4) is 0 Å². The molecule has 0 spiro atoms. The zero-order valence-corrected chi connectivity index (χ0v) is 12.2. The lowest BCUT2D eigenvalue weighted by Crippen LogP contribution is -2.44. The van der Waals surface area contributed by atoms with Gasteiger partial charge in [0.1, 0.15) is 6.04 Å². The highest BCUT2D eigenvalue weighted by Crippen LogP contribution is 2.08. The molecule has 0 aliphatic carbocycles. The summed E-state index contributed by atoms with van der Waals surface area (Å²) in [6.07, 6.45) is -0.649. The maximum atomic E-state index is 11.4. The first kappa shape index (κ1) is 16.0. The number of carboxylic acids is 1. The van der Waals surface area contributed by atoms with E-state index in [9.17, 15) is 9.59 Å². The minimum Gasteiger partial charge on any atom is -0.480 e. The Bertz CT molecular complexity index is 273. The van der Waals surface area contributed by atoms with Crippen LogP contribution < -0.4 is 5.32 Å². The lowest BCUT2D eigenvalue weighted by molar-refractivity contribution is -0.140. The zero-order chi connectivity index (χ0) is 13.6.